The van der Waals surface area contributed by atoms with Crippen molar-refractivity contribution in [2.75, 3.05) is 0 Å². The van der Waals surface area contributed by atoms with Crippen molar-refractivity contribution in [1.29, 1.82) is 0 Å². The van der Waals surface area contributed by atoms with Crippen LogP contribution >= 0.6 is 11.6 Å². The van der Waals surface area contributed by atoms with Crippen LogP contribution in [0, 0.1) is 6.92 Å². The summed E-state index contributed by atoms with van der Waals surface area (Å²) in [7, 11) is 1.95. The van der Waals surface area contributed by atoms with E-state index in [4.69, 9.17) is 11.6 Å². The van der Waals surface area contributed by atoms with Crippen molar-refractivity contribution in [3.8, 4) is 0 Å². The maximum absolute atomic E-state index is 5.76. The first-order valence-corrected chi connectivity index (χ1v) is 3.53. The van der Waals surface area contributed by atoms with Crippen molar-refractivity contribution in [3.63, 3.8) is 0 Å². The molecular formula is C7H8BClN. The highest BCUT2D eigenvalue weighted by molar-refractivity contribution is 6.50. The molecule has 0 saturated carbocycles. The Labute approximate surface area is 66.7 Å². The monoisotopic (exact) mass is 152 g/mol. The molecule has 10 heavy (non-hydrogen) atoms. The molecule has 0 N–H and O–H groups in total. The number of aromatic nitrogens is 1. The van der Waals surface area contributed by atoms with E-state index in [9.17, 15) is 0 Å². The molecule has 0 aromatic carbocycles. The average Bonchev–Trinajstić information content (AvgIpc) is 1.95. The van der Waals surface area contributed by atoms with Crippen molar-refractivity contribution in [3.05, 3.63) is 22.8 Å². The third-order valence-corrected chi connectivity index (χ3v) is 1.76. The van der Waals surface area contributed by atoms with Crippen molar-refractivity contribution >= 4 is 24.5 Å². The van der Waals surface area contributed by atoms with Crippen LogP contribution in [-0.4, -0.2) is 12.3 Å². The van der Waals surface area contributed by atoms with Gasteiger partial charge in [0.25, 0.3) is 0 Å². The van der Waals surface area contributed by atoms with Gasteiger partial charge >= 0.3 is 0 Å². The van der Waals surface area contributed by atoms with Crippen LogP contribution < -0.4 is 5.59 Å². The smallest absolute Gasteiger partial charge is 0.174 e. The van der Waals surface area contributed by atoms with Crippen molar-refractivity contribution in [1.82, 2.24) is 4.98 Å². The summed E-state index contributed by atoms with van der Waals surface area (Å²) in [5, 5.41) is 0.727. The van der Waals surface area contributed by atoms with E-state index in [1.165, 1.54) is 0 Å². The zero-order valence-electron chi connectivity index (χ0n) is 6.06. The molecule has 0 atom stereocenters. The lowest BCUT2D eigenvalue weighted by atomic mass is 9.77. The molecule has 1 rings (SSSR count). The van der Waals surface area contributed by atoms with Gasteiger partial charge in [-0.1, -0.05) is 18.4 Å². The van der Waals surface area contributed by atoms with Crippen LogP contribution in [0.15, 0.2) is 12.3 Å². The summed E-state index contributed by atoms with van der Waals surface area (Å²) < 4.78 is 0. The first kappa shape index (κ1) is 7.61. The van der Waals surface area contributed by atoms with Crippen LogP contribution in [0.5, 0.6) is 0 Å². The molecule has 1 aromatic rings. The van der Waals surface area contributed by atoms with Crippen molar-refractivity contribution < 1.29 is 0 Å². The lowest BCUT2D eigenvalue weighted by Crippen LogP contribution is -2.14. The van der Waals surface area contributed by atoms with Crippen LogP contribution in [0.2, 0.25) is 11.8 Å². The van der Waals surface area contributed by atoms with Gasteiger partial charge in [0.1, 0.15) is 0 Å². The summed E-state index contributed by atoms with van der Waals surface area (Å²) >= 11 is 5.76. The Hall–Kier alpha value is -0.495. The van der Waals surface area contributed by atoms with Gasteiger partial charge in [-0.25, -0.2) is 0 Å². The number of hydrogen-bond acceptors (Lipinski definition) is 1. The fourth-order valence-electron chi connectivity index (χ4n) is 0.719. The van der Waals surface area contributed by atoms with Gasteiger partial charge in [0, 0.05) is 6.20 Å². The predicted molar refractivity (Wildman–Crippen MR) is 45.2 cm³/mol. The largest absolute Gasteiger partial charge is 0.271 e. The SMILES string of the molecule is C[B]c1cc(C)c(Cl)cn1. The molecule has 0 fully saturated rings. The van der Waals surface area contributed by atoms with Gasteiger partial charge in [-0.3, -0.25) is 4.98 Å². The Morgan fingerprint density at radius 2 is 2.30 bits per heavy atom. The maximum Gasteiger partial charge on any atom is 0.174 e. The second kappa shape index (κ2) is 3.06. The van der Waals surface area contributed by atoms with E-state index in [1.54, 1.807) is 6.20 Å². The van der Waals surface area contributed by atoms with E-state index < -0.39 is 0 Å². The van der Waals surface area contributed by atoms with Gasteiger partial charge < -0.3 is 0 Å². The van der Waals surface area contributed by atoms with Crippen LogP contribution in [0.1, 0.15) is 5.56 Å². The molecule has 1 nitrogen and oxygen atoms in total. The molecule has 3 heteroatoms. The number of pyridine rings is 1. The third kappa shape index (κ3) is 1.51. The highest BCUT2D eigenvalue weighted by Gasteiger charge is 1.96. The standard InChI is InChI=1S/C7H8BClN/c1-5-3-7(8-2)10-4-6(5)9/h3-4H,1-2H3. The molecule has 0 spiro atoms. The Bertz CT molecular complexity index is 237. The van der Waals surface area contributed by atoms with E-state index in [0.29, 0.717) is 0 Å². The van der Waals surface area contributed by atoms with Gasteiger partial charge in [0.05, 0.1) is 5.02 Å². The molecule has 0 amide bonds. The molecule has 0 bridgehead atoms. The molecule has 0 saturated heterocycles. The van der Waals surface area contributed by atoms with E-state index >= 15 is 0 Å². The molecule has 0 aliphatic heterocycles. The minimum atomic E-state index is 0.727. The summed E-state index contributed by atoms with van der Waals surface area (Å²) in [6.07, 6.45) is 1.67. The zero-order valence-corrected chi connectivity index (χ0v) is 6.81. The maximum atomic E-state index is 5.76. The number of aryl methyl sites for hydroxylation is 1. The molecule has 51 valence electrons. The summed E-state index contributed by atoms with van der Waals surface area (Å²) in [5.74, 6) is 0. The van der Waals surface area contributed by atoms with Gasteiger partial charge in [0.15, 0.2) is 7.28 Å². The quantitative estimate of drug-likeness (QED) is 0.555. The number of hydrogen-bond donors (Lipinski definition) is 0. The predicted octanol–water partition coefficient (Wildman–Crippen LogP) is 1.42. The molecule has 1 radical (unpaired) electrons. The summed E-state index contributed by atoms with van der Waals surface area (Å²) in [6.45, 7) is 3.92. The topological polar surface area (TPSA) is 12.9 Å². The summed E-state index contributed by atoms with van der Waals surface area (Å²) in [5.41, 5.74) is 2.05. The van der Waals surface area contributed by atoms with E-state index in [1.807, 2.05) is 27.1 Å². The van der Waals surface area contributed by atoms with E-state index in [2.05, 4.69) is 4.98 Å². The fourth-order valence-corrected chi connectivity index (χ4v) is 0.822. The summed E-state index contributed by atoms with van der Waals surface area (Å²) in [4.78, 5) is 4.07. The average molecular weight is 152 g/mol. The van der Waals surface area contributed by atoms with Gasteiger partial charge in [0.2, 0.25) is 0 Å². The Morgan fingerprint density at radius 1 is 1.60 bits per heavy atom. The first-order chi connectivity index (χ1) is 4.74. The molecule has 0 aliphatic rings. The normalized spacial score (nSPS) is 9.50. The zero-order chi connectivity index (χ0) is 7.56. The van der Waals surface area contributed by atoms with E-state index in [-0.39, 0.29) is 0 Å². The Kier molecular flexibility index (Phi) is 2.33. The van der Waals surface area contributed by atoms with Crippen molar-refractivity contribution in [2.24, 2.45) is 0 Å². The molecule has 1 aromatic heterocycles. The van der Waals surface area contributed by atoms with Gasteiger partial charge in [-0.2, -0.15) is 0 Å². The van der Waals surface area contributed by atoms with Gasteiger partial charge in [-0.15, -0.1) is 0 Å². The minimum absolute atomic E-state index is 0.727. The molecule has 1 heterocycles. The molecule has 0 unspecified atom stereocenters. The van der Waals surface area contributed by atoms with Crippen LogP contribution in [0.4, 0.5) is 0 Å². The van der Waals surface area contributed by atoms with Crippen LogP contribution in [0.25, 0.3) is 0 Å². The van der Waals surface area contributed by atoms with Gasteiger partial charge in [-0.05, 0) is 24.1 Å². The Morgan fingerprint density at radius 3 is 2.80 bits per heavy atom. The lowest BCUT2D eigenvalue weighted by molar-refractivity contribution is 1.33. The second-order valence-electron chi connectivity index (χ2n) is 2.15. The summed E-state index contributed by atoms with van der Waals surface area (Å²) in [6, 6.07) is 1.96. The fraction of sp³-hybridized carbons (Fsp3) is 0.286. The first-order valence-electron chi connectivity index (χ1n) is 3.15. The number of nitrogens with zero attached hydrogens (tertiary/aromatic N) is 1. The highest BCUT2D eigenvalue weighted by Crippen LogP contribution is 2.09. The third-order valence-electron chi connectivity index (χ3n) is 1.36. The Balaban J connectivity index is 3.04. The van der Waals surface area contributed by atoms with Crippen LogP contribution in [-0.2, 0) is 0 Å². The van der Waals surface area contributed by atoms with Crippen LogP contribution in [0.3, 0.4) is 0 Å². The highest BCUT2D eigenvalue weighted by atomic mass is 35.5. The lowest BCUT2D eigenvalue weighted by Gasteiger charge is -1.98. The number of halogens is 1. The minimum Gasteiger partial charge on any atom is -0.271 e. The second-order valence-corrected chi connectivity index (χ2v) is 2.55. The van der Waals surface area contributed by atoms with E-state index in [0.717, 1.165) is 16.2 Å². The molecule has 0 aliphatic carbocycles. The van der Waals surface area contributed by atoms with Crippen molar-refractivity contribution in [2.45, 2.75) is 13.7 Å². The molecular weight excluding hydrogens is 144 g/mol. The number of rotatable bonds is 1.